The number of thiophene rings is 1. The lowest BCUT2D eigenvalue weighted by atomic mass is 10.2. The summed E-state index contributed by atoms with van der Waals surface area (Å²) < 4.78 is 0.518. The van der Waals surface area contributed by atoms with Gasteiger partial charge in [0, 0.05) is 11.0 Å². The monoisotopic (exact) mass is 368 g/mol. The number of anilines is 1. The number of aryl methyl sites for hydroxylation is 1. The molecule has 1 aromatic carbocycles. The van der Waals surface area contributed by atoms with Gasteiger partial charge >= 0.3 is 12.0 Å². The molecule has 1 heterocycles. The fourth-order valence-corrected chi connectivity index (χ4v) is 2.99. The first-order valence-corrected chi connectivity index (χ1v) is 7.80. The van der Waals surface area contributed by atoms with Gasteiger partial charge in [0.05, 0.1) is 11.3 Å². The van der Waals surface area contributed by atoms with Gasteiger partial charge in [0.25, 0.3) is 0 Å². The molecule has 2 amide bonds. The second-order valence-corrected chi connectivity index (χ2v) is 5.99. The molecular formula is C14H13BrN2O3S. The van der Waals surface area contributed by atoms with Crippen LogP contribution >= 0.6 is 27.3 Å². The molecule has 7 heteroatoms. The fourth-order valence-electron chi connectivity index (χ4n) is 1.66. The molecule has 0 spiro atoms. The maximum absolute atomic E-state index is 11.8. The van der Waals surface area contributed by atoms with Crippen molar-refractivity contribution >= 4 is 45.0 Å². The van der Waals surface area contributed by atoms with Crippen LogP contribution in [-0.4, -0.2) is 17.1 Å². The zero-order chi connectivity index (χ0) is 15.4. The molecule has 21 heavy (non-hydrogen) atoms. The van der Waals surface area contributed by atoms with Crippen LogP contribution in [0, 0.1) is 6.92 Å². The highest BCUT2D eigenvalue weighted by molar-refractivity contribution is 9.10. The highest BCUT2D eigenvalue weighted by Gasteiger charge is 2.09. The predicted octanol–water partition coefficient (Wildman–Crippen LogP) is 3.84. The van der Waals surface area contributed by atoms with Crippen molar-refractivity contribution in [2.24, 2.45) is 0 Å². The van der Waals surface area contributed by atoms with Gasteiger partial charge in [0.2, 0.25) is 0 Å². The highest BCUT2D eigenvalue weighted by atomic mass is 79.9. The summed E-state index contributed by atoms with van der Waals surface area (Å²) in [4.78, 5) is 22.7. The van der Waals surface area contributed by atoms with Crippen molar-refractivity contribution < 1.29 is 14.7 Å². The first-order chi connectivity index (χ1) is 9.97. The quantitative estimate of drug-likeness (QED) is 0.766. The molecule has 1 aromatic heterocycles. The van der Waals surface area contributed by atoms with Gasteiger partial charge in [-0.3, -0.25) is 0 Å². The number of hydrogen-bond donors (Lipinski definition) is 3. The van der Waals surface area contributed by atoms with Crippen molar-refractivity contribution in [1.29, 1.82) is 0 Å². The van der Waals surface area contributed by atoms with Gasteiger partial charge in [0.1, 0.15) is 0 Å². The van der Waals surface area contributed by atoms with Crippen LogP contribution in [0.3, 0.4) is 0 Å². The maximum atomic E-state index is 11.8. The smallest absolute Gasteiger partial charge is 0.335 e. The minimum atomic E-state index is -1.01. The summed E-state index contributed by atoms with van der Waals surface area (Å²) in [6.07, 6.45) is 0. The number of rotatable bonds is 4. The molecule has 0 aliphatic carbocycles. The summed E-state index contributed by atoms with van der Waals surface area (Å²) in [5.41, 5.74) is 2.89. The first kappa shape index (κ1) is 15.5. The molecule has 0 saturated carbocycles. The Labute approximate surface area is 134 Å². The largest absolute Gasteiger partial charge is 0.478 e. The molecule has 0 atom stereocenters. The van der Waals surface area contributed by atoms with Crippen molar-refractivity contribution in [3.05, 3.63) is 50.1 Å². The molecular weight excluding hydrogens is 356 g/mol. The Morgan fingerprint density at radius 2 is 2.10 bits per heavy atom. The van der Waals surface area contributed by atoms with E-state index in [-0.39, 0.29) is 11.6 Å². The van der Waals surface area contributed by atoms with Crippen LogP contribution < -0.4 is 10.6 Å². The number of benzene rings is 1. The minimum Gasteiger partial charge on any atom is -0.478 e. The van der Waals surface area contributed by atoms with Crippen LogP contribution in [0.1, 0.15) is 21.5 Å². The van der Waals surface area contributed by atoms with Gasteiger partial charge in [0.15, 0.2) is 0 Å². The molecule has 3 N–H and O–H groups in total. The average molecular weight is 369 g/mol. The number of carboxylic acid groups (broad SMARTS) is 1. The van der Waals surface area contributed by atoms with Crippen LogP contribution in [0.2, 0.25) is 0 Å². The lowest BCUT2D eigenvalue weighted by molar-refractivity contribution is 0.0697. The standard InChI is InChI=1S/C14H13BrN2O3S/c1-8-6-21-7-10(8)5-16-14(20)17-12-3-2-9(13(18)19)4-11(12)15/h2-4,6-7H,5H2,1H3,(H,18,19)(H2,16,17,20). The van der Waals surface area contributed by atoms with E-state index < -0.39 is 5.97 Å². The lowest BCUT2D eigenvalue weighted by Crippen LogP contribution is -2.28. The number of nitrogens with one attached hydrogen (secondary N) is 2. The number of carboxylic acids is 1. The summed E-state index contributed by atoms with van der Waals surface area (Å²) in [6, 6.07) is 4.08. The highest BCUT2D eigenvalue weighted by Crippen LogP contribution is 2.23. The zero-order valence-corrected chi connectivity index (χ0v) is 13.5. The third-order valence-electron chi connectivity index (χ3n) is 2.87. The van der Waals surface area contributed by atoms with Crippen LogP contribution in [0.5, 0.6) is 0 Å². The van der Waals surface area contributed by atoms with E-state index in [1.165, 1.54) is 12.1 Å². The molecule has 0 aliphatic rings. The van der Waals surface area contributed by atoms with Gasteiger partial charge in [-0.1, -0.05) is 0 Å². The summed E-state index contributed by atoms with van der Waals surface area (Å²) in [7, 11) is 0. The van der Waals surface area contributed by atoms with Crippen LogP contribution in [0.25, 0.3) is 0 Å². The van der Waals surface area contributed by atoms with Gasteiger partial charge in [-0.2, -0.15) is 11.3 Å². The summed E-state index contributed by atoms with van der Waals surface area (Å²) >= 11 is 4.83. The van der Waals surface area contributed by atoms with Crippen molar-refractivity contribution in [2.75, 3.05) is 5.32 Å². The molecule has 0 saturated heterocycles. The molecule has 0 aliphatic heterocycles. The van der Waals surface area contributed by atoms with Crippen LogP contribution in [0.4, 0.5) is 10.5 Å². The van der Waals surface area contributed by atoms with Crippen LogP contribution in [0.15, 0.2) is 33.4 Å². The normalized spacial score (nSPS) is 10.2. The summed E-state index contributed by atoms with van der Waals surface area (Å²) in [5.74, 6) is -1.01. The Kier molecular flexibility index (Phi) is 4.98. The third kappa shape index (κ3) is 4.05. The topological polar surface area (TPSA) is 78.4 Å². The van der Waals surface area contributed by atoms with E-state index in [1.807, 2.05) is 17.7 Å². The van der Waals surface area contributed by atoms with Crippen molar-refractivity contribution in [3.63, 3.8) is 0 Å². The van der Waals surface area contributed by atoms with E-state index in [4.69, 9.17) is 5.11 Å². The average Bonchev–Trinajstić information content (AvgIpc) is 2.84. The Bertz CT molecular complexity index is 685. The number of halogens is 1. The van der Waals surface area contributed by atoms with Gasteiger partial charge in [-0.25, -0.2) is 9.59 Å². The Morgan fingerprint density at radius 1 is 1.33 bits per heavy atom. The second-order valence-electron chi connectivity index (χ2n) is 4.39. The van der Waals surface area contributed by atoms with E-state index in [0.717, 1.165) is 11.1 Å². The number of carbonyl (C=O) groups excluding carboxylic acids is 1. The summed E-state index contributed by atoms with van der Waals surface area (Å²) in [5, 5.41) is 18.3. The zero-order valence-electron chi connectivity index (χ0n) is 11.1. The number of hydrogen-bond acceptors (Lipinski definition) is 3. The Morgan fingerprint density at radius 3 is 2.67 bits per heavy atom. The lowest BCUT2D eigenvalue weighted by Gasteiger charge is -2.09. The molecule has 110 valence electrons. The molecule has 0 unspecified atom stereocenters. The number of aromatic carboxylic acids is 1. The van der Waals surface area contributed by atoms with Crippen molar-refractivity contribution in [3.8, 4) is 0 Å². The molecule has 0 bridgehead atoms. The number of urea groups is 1. The van der Waals surface area contributed by atoms with E-state index in [1.54, 1.807) is 17.4 Å². The molecule has 0 radical (unpaired) electrons. The van der Waals surface area contributed by atoms with E-state index in [0.29, 0.717) is 16.7 Å². The van der Waals surface area contributed by atoms with Crippen molar-refractivity contribution in [2.45, 2.75) is 13.5 Å². The summed E-state index contributed by atoms with van der Waals surface area (Å²) in [6.45, 7) is 2.44. The first-order valence-electron chi connectivity index (χ1n) is 6.06. The van der Waals surface area contributed by atoms with E-state index in [2.05, 4.69) is 26.6 Å². The molecule has 2 rings (SSSR count). The fraction of sp³-hybridized carbons (Fsp3) is 0.143. The Hall–Kier alpha value is -1.86. The van der Waals surface area contributed by atoms with Gasteiger partial charge in [-0.05, 0) is 62.9 Å². The molecule has 2 aromatic rings. The molecule has 5 nitrogen and oxygen atoms in total. The SMILES string of the molecule is Cc1cscc1CNC(=O)Nc1ccc(C(=O)O)cc1Br. The third-order valence-corrected chi connectivity index (χ3v) is 4.43. The van der Waals surface area contributed by atoms with E-state index in [9.17, 15) is 9.59 Å². The Balaban J connectivity index is 1.96. The van der Waals surface area contributed by atoms with Crippen LogP contribution in [-0.2, 0) is 6.54 Å². The molecule has 0 fully saturated rings. The maximum Gasteiger partial charge on any atom is 0.335 e. The second kappa shape index (κ2) is 6.73. The van der Waals surface area contributed by atoms with E-state index >= 15 is 0 Å². The predicted molar refractivity (Wildman–Crippen MR) is 86.0 cm³/mol. The number of amides is 2. The van der Waals surface area contributed by atoms with Crippen molar-refractivity contribution in [1.82, 2.24) is 5.32 Å². The minimum absolute atomic E-state index is 0.154. The van der Waals surface area contributed by atoms with Gasteiger partial charge in [-0.15, -0.1) is 0 Å². The van der Waals surface area contributed by atoms with Gasteiger partial charge < -0.3 is 15.7 Å². The number of carbonyl (C=O) groups is 2.